The molecule has 3 amide bonds. The lowest BCUT2D eigenvalue weighted by atomic mass is 9.73. The average molecular weight is 692 g/mol. The van der Waals surface area contributed by atoms with E-state index in [2.05, 4.69) is 25.9 Å². The van der Waals surface area contributed by atoms with Crippen molar-refractivity contribution >= 4 is 38.4 Å². The van der Waals surface area contributed by atoms with E-state index >= 15 is 0 Å². The highest BCUT2D eigenvalue weighted by Gasteiger charge is 2.54. The number of hydrogen-bond donors (Lipinski definition) is 7. The highest BCUT2D eigenvalue weighted by atomic mass is 31.2. The minimum Gasteiger partial charge on any atom is -0.479 e. The van der Waals surface area contributed by atoms with Crippen molar-refractivity contribution in [2.24, 2.45) is 5.92 Å². The number of carboxylic acid groups (broad SMARTS) is 1. The van der Waals surface area contributed by atoms with Gasteiger partial charge >= 0.3 is 20.7 Å². The average Bonchev–Trinajstić information content (AvgIpc) is 3.01. The van der Waals surface area contributed by atoms with Crippen LogP contribution in [0, 0.1) is 5.92 Å². The van der Waals surface area contributed by atoms with E-state index in [4.69, 9.17) is 14.4 Å². The van der Waals surface area contributed by atoms with Gasteiger partial charge in [0.05, 0.1) is 18.6 Å². The van der Waals surface area contributed by atoms with Crippen molar-refractivity contribution < 1.29 is 53.1 Å². The topological polar surface area (TPSA) is 250 Å². The molecule has 0 saturated carbocycles. The van der Waals surface area contributed by atoms with Crippen LogP contribution in [0.1, 0.15) is 42.7 Å². The number of nitrogens with one attached hydrogen (secondary N) is 3. The van der Waals surface area contributed by atoms with E-state index in [0.29, 0.717) is 19.5 Å². The molecule has 48 heavy (non-hydrogen) atoms. The molecule has 3 rings (SSSR count). The Labute approximate surface area is 278 Å². The van der Waals surface area contributed by atoms with Crippen molar-refractivity contribution in [3.8, 4) is 0 Å². The van der Waals surface area contributed by atoms with Crippen LogP contribution in [0.2, 0.25) is 0 Å². The Kier molecular flexibility index (Phi) is 14.6. The molecule has 1 saturated heterocycles. The fourth-order valence-corrected chi connectivity index (χ4v) is 5.49. The van der Waals surface area contributed by atoms with Gasteiger partial charge in [-0.05, 0) is 17.9 Å². The summed E-state index contributed by atoms with van der Waals surface area (Å²) in [6, 6.07) is 8.31. The first-order valence-electron chi connectivity index (χ1n) is 15.3. The largest absolute Gasteiger partial charge is 0.480 e. The second-order valence-corrected chi connectivity index (χ2v) is 13.5. The quantitative estimate of drug-likeness (QED) is 0.0840. The minimum absolute atomic E-state index is 0.00572. The Morgan fingerprint density at radius 1 is 1.06 bits per heavy atom. The number of benzene rings is 1. The molecule has 0 spiro atoms. The fourth-order valence-electron chi connectivity index (χ4n) is 4.89. The number of rotatable bonds is 16. The van der Waals surface area contributed by atoms with E-state index in [-0.39, 0.29) is 44.3 Å². The van der Waals surface area contributed by atoms with Gasteiger partial charge in [-0.25, -0.2) is 9.78 Å². The molecule has 7 N–H and O–H groups in total. The van der Waals surface area contributed by atoms with Crippen LogP contribution in [0.5, 0.6) is 0 Å². The molecule has 1 aliphatic rings. The Bertz CT molecular complexity index is 1410. The summed E-state index contributed by atoms with van der Waals surface area (Å²) in [4.78, 5) is 78.2. The van der Waals surface area contributed by atoms with Gasteiger partial charge in [0.2, 0.25) is 11.8 Å². The maximum Gasteiger partial charge on any atom is 0.480 e. The Morgan fingerprint density at radius 3 is 2.29 bits per heavy atom. The van der Waals surface area contributed by atoms with Gasteiger partial charge in [0.15, 0.2) is 0 Å². The molecule has 0 radical (unpaired) electrons. The Hall–Kier alpha value is -3.77. The smallest absolute Gasteiger partial charge is 0.479 e. The molecule has 2 unspecified atom stereocenters. The third-order valence-electron chi connectivity index (χ3n) is 7.44. The fraction of sp³-hybridized carbons (Fsp3) is 0.517. The van der Waals surface area contributed by atoms with Crippen LogP contribution < -0.4 is 16.0 Å². The molecule has 262 valence electrons. The third kappa shape index (κ3) is 11.7. The summed E-state index contributed by atoms with van der Waals surface area (Å²) in [5, 5.41) is 23.5. The molecular formula is C29H42BN6O11P. The molecule has 1 aromatic heterocycles. The molecular weight excluding hydrogens is 650 g/mol. The summed E-state index contributed by atoms with van der Waals surface area (Å²) in [7, 11) is -6.34. The number of carbonyl (C=O) groups excluding carboxylic acids is 3. The predicted octanol–water partition coefficient (Wildman–Crippen LogP) is -0.818. The van der Waals surface area contributed by atoms with Gasteiger partial charge in [0, 0.05) is 58.2 Å². The van der Waals surface area contributed by atoms with Crippen molar-refractivity contribution in [3.05, 3.63) is 60.2 Å². The summed E-state index contributed by atoms with van der Waals surface area (Å²) in [6.07, 6.45) is 3.56. The second-order valence-electron chi connectivity index (χ2n) is 11.7. The van der Waals surface area contributed by atoms with E-state index < -0.39 is 62.2 Å². The number of aliphatic hydroxyl groups is 1. The standard InChI is InChI=1S/C29H42BN6O11P/c1-20(2)16-24(35-26(38)22(17-21-6-4-3-5-7-21)34-27(39)23-19-31-8-9-32-23)30-46-14-12-36(13-15-47-30)11-10-33-25(37)18-29(42,28(40)41)48(43,44)45/h3-9,19-20,22,24,42H,10-18H2,1-2H3,(H,33,37)(H,34,39)(H,35,38)(H,40,41)(H2,43,44,45)/t22-,24?,29?/m1/s1. The highest BCUT2D eigenvalue weighted by Crippen LogP contribution is 2.50. The van der Waals surface area contributed by atoms with Crippen molar-refractivity contribution in [2.45, 2.75) is 50.4 Å². The van der Waals surface area contributed by atoms with Gasteiger partial charge in [-0.3, -0.25) is 28.8 Å². The van der Waals surface area contributed by atoms with Crippen LogP contribution in [-0.4, -0.2) is 122 Å². The van der Waals surface area contributed by atoms with Crippen LogP contribution in [0.15, 0.2) is 48.9 Å². The number of aromatic nitrogens is 2. The molecule has 0 bridgehead atoms. The summed E-state index contributed by atoms with van der Waals surface area (Å²) >= 11 is 0. The number of hydrogen-bond acceptors (Lipinski definition) is 11. The van der Waals surface area contributed by atoms with Crippen LogP contribution >= 0.6 is 7.60 Å². The van der Waals surface area contributed by atoms with E-state index in [9.17, 15) is 38.6 Å². The molecule has 1 aromatic carbocycles. The first-order valence-corrected chi connectivity index (χ1v) is 17.0. The summed E-state index contributed by atoms with van der Waals surface area (Å²) in [5.41, 5.74) is 0.910. The van der Waals surface area contributed by atoms with E-state index in [1.54, 1.807) is 0 Å². The SMILES string of the molecule is CC(C)CC(NC(=O)[C@@H](Cc1ccccc1)NC(=O)c1cnccn1)B1OCCN(CCNC(=O)CC(O)(C(=O)O)P(=O)(O)O)CCO1. The van der Waals surface area contributed by atoms with Gasteiger partial charge in [0.1, 0.15) is 11.7 Å². The predicted molar refractivity (Wildman–Crippen MR) is 171 cm³/mol. The third-order valence-corrected chi connectivity index (χ3v) is 8.76. The van der Waals surface area contributed by atoms with Crippen LogP contribution in [0.25, 0.3) is 0 Å². The zero-order valence-electron chi connectivity index (χ0n) is 26.7. The zero-order valence-corrected chi connectivity index (χ0v) is 27.6. The lowest BCUT2D eigenvalue weighted by molar-refractivity contribution is -0.154. The number of nitrogens with zero attached hydrogens (tertiary/aromatic N) is 3. The van der Waals surface area contributed by atoms with E-state index in [1.807, 2.05) is 49.1 Å². The van der Waals surface area contributed by atoms with Gasteiger partial charge < -0.3 is 45.3 Å². The molecule has 3 atom stereocenters. The van der Waals surface area contributed by atoms with Crippen LogP contribution in [-0.2, 0) is 34.7 Å². The maximum atomic E-state index is 13.7. The number of amides is 3. The molecule has 1 fully saturated rings. The summed E-state index contributed by atoms with van der Waals surface area (Å²) in [6.45, 7) is 5.44. The first-order chi connectivity index (χ1) is 22.7. The minimum atomic E-state index is -5.54. The van der Waals surface area contributed by atoms with Crippen molar-refractivity contribution in [3.63, 3.8) is 0 Å². The maximum absolute atomic E-state index is 13.7. The molecule has 1 aliphatic heterocycles. The van der Waals surface area contributed by atoms with E-state index in [1.165, 1.54) is 18.6 Å². The van der Waals surface area contributed by atoms with Gasteiger partial charge in [-0.1, -0.05) is 44.2 Å². The van der Waals surface area contributed by atoms with Crippen molar-refractivity contribution in [1.29, 1.82) is 0 Å². The van der Waals surface area contributed by atoms with Crippen molar-refractivity contribution in [1.82, 2.24) is 30.8 Å². The summed E-state index contributed by atoms with van der Waals surface area (Å²) in [5.74, 6) is -4.63. The molecule has 17 nitrogen and oxygen atoms in total. The second kappa shape index (κ2) is 18.1. The summed E-state index contributed by atoms with van der Waals surface area (Å²) < 4.78 is 23.5. The highest BCUT2D eigenvalue weighted by molar-refractivity contribution is 7.54. The monoisotopic (exact) mass is 692 g/mol. The lowest BCUT2D eigenvalue weighted by Gasteiger charge is -2.32. The van der Waals surface area contributed by atoms with Crippen LogP contribution in [0.4, 0.5) is 0 Å². The van der Waals surface area contributed by atoms with Gasteiger partial charge in [-0.2, -0.15) is 0 Å². The number of carbonyl (C=O) groups is 4. The van der Waals surface area contributed by atoms with Crippen molar-refractivity contribution in [2.75, 3.05) is 39.4 Å². The Balaban J connectivity index is 1.58. The van der Waals surface area contributed by atoms with Crippen LogP contribution in [0.3, 0.4) is 0 Å². The number of carboxylic acids is 1. The molecule has 2 aromatic rings. The Morgan fingerprint density at radius 2 is 1.73 bits per heavy atom. The van der Waals surface area contributed by atoms with Gasteiger partial charge in [-0.15, -0.1) is 0 Å². The lowest BCUT2D eigenvalue weighted by Crippen LogP contribution is -2.57. The zero-order chi connectivity index (χ0) is 35.3. The molecule has 0 aliphatic carbocycles. The number of aliphatic carboxylic acids is 1. The van der Waals surface area contributed by atoms with E-state index in [0.717, 1.165) is 5.56 Å². The normalized spacial score (nSPS) is 16.9. The molecule has 2 heterocycles. The molecule has 19 heteroatoms. The first kappa shape index (κ1) is 38.7. The van der Waals surface area contributed by atoms with Gasteiger partial charge in [0.25, 0.3) is 11.2 Å².